The molecule has 9 heteroatoms. The lowest BCUT2D eigenvalue weighted by Crippen LogP contribution is -2.45. The molecule has 0 aliphatic rings. The van der Waals surface area contributed by atoms with Gasteiger partial charge in [-0.25, -0.2) is 8.42 Å². The smallest absolute Gasteiger partial charge is 0.253 e. The molecule has 2 aromatic carbocycles. The summed E-state index contributed by atoms with van der Waals surface area (Å²) in [6.45, 7) is 7.02. The van der Waals surface area contributed by atoms with Crippen molar-refractivity contribution < 1.29 is 18.0 Å². The second kappa shape index (κ2) is 9.77. The van der Waals surface area contributed by atoms with Crippen molar-refractivity contribution in [2.24, 2.45) is 0 Å². The van der Waals surface area contributed by atoms with E-state index in [2.05, 4.69) is 17.2 Å². The van der Waals surface area contributed by atoms with Gasteiger partial charge in [-0.3, -0.25) is 13.9 Å². The van der Waals surface area contributed by atoms with Gasteiger partial charge in [0.1, 0.15) is 6.04 Å². The number of halogens is 1. The van der Waals surface area contributed by atoms with Crippen LogP contribution in [0.1, 0.15) is 22.8 Å². The molecule has 30 heavy (non-hydrogen) atoms. The molecule has 0 unspecified atom stereocenters. The fourth-order valence-corrected chi connectivity index (χ4v) is 4.28. The zero-order chi connectivity index (χ0) is 22.5. The summed E-state index contributed by atoms with van der Waals surface area (Å²) in [4.78, 5) is 25.3. The highest BCUT2D eigenvalue weighted by Crippen LogP contribution is 2.28. The predicted molar refractivity (Wildman–Crippen MR) is 121 cm³/mol. The molecular weight excluding hydrogens is 426 g/mol. The van der Waals surface area contributed by atoms with Gasteiger partial charge in [0, 0.05) is 11.6 Å². The van der Waals surface area contributed by atoms with E-state index in [1.165, 1.54) is 13.0 Å². The Bertz CT molecular complexity index is 1070. The number of carbonyl (C=O) groups excluding carboxylic acids is 2. The van der Waals surface area contributed by atoms with Gasteiger partial charge in [-0.15, -0.1) is 6.58 Å². The summed E-state index contributed by atoms with van der Waals surface area (Å²) < 4.78 is 26.1. The van der Waals surface area contributed by atoms with Crippen molar-refractivity contribution in [3.63, 3.8) is 0 Å². The fourth-order valence-electron chi connectivity index (χ4n) is 2.89. The van der Waals surface area contributed by atoms with E-state index in [0.717, 1.165) is 10.6 Å². The Morgan fingerprint density at radius 1 is 1.23 bits per heavy atom. The minimum Gasteiger partial charge on any atom is -0.349 e. The van der Waals surface area contributed by atoms with Crippen LogP contribution >= 0.6 is 11.6 Å². The monoisotopic (exact) mass is 449 g/mol. The van der Waals surface area contributed by atoms with Crippen LogP contribution in [-0.2, 0) is 14.8 Å². The Kier molecular flexibility index (Phi) is 7.64. The highest BCUT2D eigenvalue weighted by molar-refractivity contribution is 7.92. The number of anilines is 2. The van der Waals surface area contributed by atoms with Crippen molar-refractivity contribution in [3.8, 4) is 0 Å². The van der Waals surface area contributed by atoms with E-state index >= 15 is 0 Å². The van der Waals surface area contributed by atoms with Gasteiger partial charge < -0.3 is 10.6 Å². The highest BCUT2D eigenvalue weighted by Gasteiger charge is 2.31. The Hall–Kier alpha value is -2.84. The molecule has 2 amide bonds. The van der Waals surface area contributed by atoms with Crippen molar-refractivity contribution in [3.05, 3.63) is 71.3 Å². The third-order valence-electron chi connectivity index (χ3n) is 4.33. The number of sulfonamides is 1. The van der Waals surface area contributed by atoms with Crippen LogP contribution < -0.4 is 14.9 Å². The van der Waals surface area contributed by atoms with Crippen LogP contribution in [0.3, 0.4) is 0 Å². The van der Waals surface area contributed by atoms with E-state index in [9.17, 15) is 18.0 Å². The molecule has 0 aliphatic heterocycles. The number of aryl methyl sites for hydroxylation is 1. The van der Waals surface area contributed by atoms with Crippen LogP contribution in [0.15, 0.2) is 55.1 Å². The zero-order valence-electron chi connectivity index (χ0n) is 17.0. The van der Waals surface area contributed by atoms with Gasteiger partial charge in [0.05, 0.1) is 23.2 Å². The van der Waals surface area contributed by atoms with Crippen molar-refractivity contribution in [1.82, 2.24) is 5.32 Å². The molecule has 2 rings (SSSR count). The largest absolute Gasteiger partial charge is 0.349 e. The topological polar surface area (TPSA) is 95.6 Å². The normalized spacial score (nSPS) is 12.0. The number of benzene rings is 2. The molecule has 0 saturated carbocycles. The first-order valence-corrected chi connectivity index (χ1v) is 11.3. The molecule has 7 nitrogen and oxygen atoms in total. The Morgan fingerprint density at radius 2 is 1.90 bits per heavy atom. The maximum atomic E-state index is 13.0. The number of rotatable bonds is 8. The maximum Gasteiger partial charge on any atom is 0.253 e. The number of carbonyl (C=O) groups is 2. The average Bonchev–Trinajstić information content (AvgIpc) is 2.68. The Morgan fingerprint density at radius 3 is 2.53 bits per heavy atom. The van der Waals surface area contributed by atoms with E-state index < -0.39 is 22.0 Å². The quantitative estimate of drug-likeness (QED) is 0.604. The Balaban J connectivity index is 2.37. The Labute approximate surface area is 181 Å². The summed E-state index contributed by atoms with van der Waals surface area (Å²) in [5.74, 6) is -0.979. The minimum absolute atomic E-state index is 0.254. The van der Waals surface area contributed by atoms with E-state index in [1.807, 2.05) is 0 Å². The van der Waals surface area contributed by atoms with Gasteiger partial charge in [0.2, 0.25) is 15.9 Å². The van der Waals surface area contributed by atoms with Crippen LogP contribution in [0.25, 0.3) is 0 Å². The maximum absolute atomic E-state index is 13.0. The molecule has 0 spiro atoms. The van der Waals surface area contributed by atoms with Gasteiger partial charge in [-0.05, 0) is 43.7 Å². The second-order valence-electron chi connectivity index (χ2n) is 6.70. The lowest BCUT2D eigenvalue weighted by molar-refractivity contribution is -0.116. The number of hydrogen-bond donors (Lipinski definition) is 2. The van der Waals surface area contributed by atoms with Gasteiger partial charge in [-0.1, -0.05) is 35.9 Å². The molecule has 1 atom stereocenters. The van der Waals surface area contributed by atoms with E-state index in [0.29, 0.717) is 16.3 Å². The summed E-state index contributed by atoms with van der Waals surface area (Å²) >= 11 is 6.05. The molecule has 0 radical (unpaired) electrons. The van der Waals surface area contributed by atoms with Crippen LogP contribution in [0.5, 0.6) is 0 Å². The van der Waals surface area contributed by atoms with Gasteiger partial charge >= 0.3 is 0 Å². The first-order chi connectivity index (χ1) is 14.1. The fraction of sp³-hybridized carbons (Fsp3) is 0.238. The van der Waals surface area contributed by atoms with E-state index in [4.69, 9.17) is 11.6 Å². The summed E-state index contributed by atoms with van der Waals surface area (Å²) in [5, 5.41) is 5.66. The lowest BCUT2D eigenvalue weighted by Gasteiger charge is -2.29. The molecular formula is C21H24ClN3O4S. The standard InChI is InChI=1S/C21H24ClN3O4S/c1-5-12-23-21(27)17-8-6-7-9-18(17)24-20(26)15(3)25(30(4,28)29)19-13-16(22)11-10-14(19)2/h5-11,13,15H,1,12H2,2-4H3,(H,23,27)(H,24,26)/t15-/m0/s1. The highest BCUT2D eigenvalue weighted by atomic mass is 35.5. The van der Waals surface area contributed by atoms with Crippen LogP contribution in [0, 0.1) is 6.92 Å². The number of nitrogens with one attached hydrogen (secondary N) is 2. The summed E-state index contributed by atoms with van der Waals surface area (Å²) in [6.07, 6.45) is 2.56. The third-order valence-corrected chi connectivity index (χ3v) is 5.80. The van der Waals surface area contributed by atoms with Crippen molar-refractivity contribution in [2.45, 2.75) is 19.9 Å². The predicted octanol–water partition coefficient (Wildman–Crippen LogP) is 3.36. The molecule has 0 fully saturated rings. The zero-order valence-corrected chi connectivity index (χ0v) is 18.5. The third kappa shape index (κ3) is 5.61. The molecule has 0 bridgehead atoms. The number of nitrogens with zero attached hydrogens (tertiary/aromatic N) is 1. The first kappa shape index (κ1) is 23.4. The molecule has 0 heterocycles. The van der Waals surface area contributed by atoms with Gasteiger partial charge in [-0.2, -0.15) is 0 Å². The average molecular weight is 450 g/mol. The summed E-state index contributed by atoms with van der Waals surface area (Å²) in [6, 6.07) is 10.2. The lowest BCUT2D eigenvalue weighted by atomic mass is 10.1. The molecule has 2 aromatic rings. The van der Waals surface area contributed by atoms with Gasteiger partial charge in [0.15, 0.2) is 0 Å². The SMILES string of the molecule is C=CCNC(=O)c1ccccc1NC(=O)[C@H](C)N(c1cc(Cl)ccc1C)S(C)(=O)=O. The molecule has 0 saturated heterocycles. The summed E-state index contributed by atoms with van der Waals surface area (Å²) in [7, 11) is -3.81. The second-order valence-corrected chi connectivity index (χ2v) is 9.00. The number of hydrogen-bond acceptors (Lipinski definition) is 4. The van der Waals surface area contributed by atoms with Crippen LogP contribution in [0.2, 0.25) is 5.02 Å². The van der Waals surface area contributed by atoms with Gasteiger partial charge in [0.25, 0.3) is 5.91 Å². The molecule has 0 aliphatic carbocycles. The van der Waals surface area contributed by atoms with Crippen molar-refractivity contribution >= 4 is 44.8 Å². The van der Waals surface area contributed by atoms with Crippen molar-refractivity contribution in [1.29, 1.82) is 0 Å². The molecule has 160 valence electrons. The summed E-state index contributed by atoms with van der Waals surface area (Å²) in [5.41, 5.74) is 1.48. The molecule has 0 aromatic heterocycles. The molecule has 2 N–H and O–H groups in total. The number of para-hydroxylation sites is 1. The van der Waals surface area contributed by atoms with Crippen molar-refractivity contribution in [2.75, 3.05) is 22.4 Å². The van der Waals surface area contributed by atoms with E-state index in [-0.39, 0.29) is 23.7 Å². The van der Waals surface area contributed by atoms with Crippen LogP contribution in [-0.4, -0.2) is 39.1 Å². The van der Waals surface area contributed by atoms with E-state index in [1.54, 1.807) is 49.4 Å². The first-order valence-electron chi connectivity index (χ1n) is 9.10. The minimum atomic E-state index is -3.81. The number of amides is 2. The van der Waals surface area contributed by atoms with Crippen LogP contribution in [0.4, 0.5) is 11.4 Å².